The standard InChI is InChI=1S/C20H21FN2O2/c1-22-18(24)13-14-3-9-17(10-4-14)23-19(25)20(11-2-12-20)15-5-7-16(21)8-6-15/h3-10H,2,11-13H2,1H3,(H,22,24)(H,23,25). The molecule has 0 saturated heterocycles. The Morgan fingerprint density at radius 1 is 1.04 bits per heavy atom. The van der Waals surface area contributed by atoms with E-state index in [9.17, 15) is 14.0 Å². The first kappa shape index (κ1) is 17.1. The van der Waals surface area contributed by atoms with Gasteiger partial charge in [-0.3, -0.25) is 9.59 Å². The lowest BCUT2D eigenvalue weighted by Crippen LogP contribution is -2.46. The number of halogens is 1. The van der Waals surface area contributed by atoms with E-state index in [4.69, 9.17) is 0 Å². The number of anilines is 1. The Kier molecular flexibility index (Phi) is 4.83. The number of benzene rings is 2. The number of rotatable bonds is 5. The molecule has 3 rings (SSSR count). The fourth-order valence-corrected chi connectivity index (χ4v) is 3.18. The monoisotopic (exact) mass is 340 g/mol. The zero-order valence-corrected chi connectivity index (χ0v) is 14.1. The molecule has 0 aliphatic heterocycles. The van der Waals surface area contributed by atoms with E-state index in [1.165, 1.54) is 12.1 Å². The maximum Gasteiger partial charge on any atom is 0.235 e. The SMILES string of the molecule is CNC(=O)Cc1ccc(NC(=O)C2(c3ccc(F)cc3)CCC2)cc1. The predicted octanol–water partition coefficient (Wildman–Crippen LogP) is 3.17. The Bertz CT molecular complexity index is 765. The zero-order valence-electron chi connectivity index (χ0n) is 14.1. The number of hydrogen-bond donors (Lipinski definition) is 2. The Labute approximate surface area is 146 Å². The minimum absolute atomic E-state index is 0.0542. The first-order chi connectivity index (χ1) is 12.0. The van der Waals surface area contributed by atoms with Gasteiger partial charge in [-0.2, -0.15) is 0 Å². The van der Waals surface area contributed by atoms with Crippen molar-refractivity contribution in [2.24, 2.45) is 0 Å². The van der Waals surface area contributed by atoms with Gasteiger partial charge < -0.3 is 10.6 Å². The largest absolute Gasteiger partial charge is 0.359 e. The molecule has 1 aliphatic carbocycles. The van der Waals surface area contributed by atoms with Gasteiger partial charge in [0.15, 0.2) is 0 Å². The second kappa shape index (κ2) is 7.05. The van der Waals surface area contributed by atoms with Gasteiger partial charge in [0.1, 0.15) is 5.82 Å². The highest BCUT2D eigenvalue weighted by atomic mass is 19.1. The van der Waals surface area contributed by atoms with Gasteiger partial charge in [-0.25, -0.2) is 4.39 Å². The molecule has 0 spiro atoms. The quantitative estimate of drug-likeness (QED) is 0.878. The highest BCUT2D eigenvalue weighted by molar-refractivity contribution is 6.00. The van der Waals surface area contributed by atoms with E-state index in [0.717, 1.165) is 30.4 Å². The van der Waals surface area contributed by atoms with Gasteiger partial charge in [-0.05, 0) is 48.2 Å². The van der Waals surface area contributed by atoms with E-state index >= 15 is 0 Å². The molecule has 4 nitrogen and oxygen atoms in total. The fraction of sp³-hybridized carbons (Fsp3) is 0.300. The zero-order chi connectivity index (χ0) is 17.9. The average Bonchev–Trinajstić information content (AvgIpc) is 2.57. The van der Waals surface area contributed by atoms with Crippen molar-refractivity contribution in [1.82, 2.24) is 5.32 Å². The van der Waals surface area contributed by atoms with Crippen LogP contribution in [0, 0.1) is 5.82 Å². The highest BCUT2D eigenvalue weighted by Crippen LogP contribution is 2.44. The molecule has 0 heterocycles. The molecule has 2 N–H and O–H groups in total. The van der Waals surface area contributed by atoms with Crippen LogP contribution in [0.3, 0.4) is 0 Å². The van der Waals surface area contributed by atoms with Crippen molar-refractivity contribution >= 4 is 17.5 Å². The summed E-state index contributed by atoms with van der Waals surface area (Å²) in [6.07, 6.45) is 2.82. The van der Waals surface area contributed by atoms with Crippen LogP contribution in [0.15, 0.2) is 48.5 Å². The van der Waals surface area contributed by atoms with E-state index in [0.29, 0.717) is 12.1 Å². The number of carbonyl (C=O) groups is 2. The van der Waals surface area contributed by atoms with Crippen LogP contribution >= 0.6 is 0 Å². The molecule has 25 heavy (non-hydrogen) atoms. The Hall–Kier alpha value is -2.69. The summed E-state index contributed by atoms with van der Waals surface area (Å²) < 4.78 is 13.2. The summed E-state index contributed by atoms with van der Waals surface area (Å²) in [4.78, 5) is 24.2. The summed E-state index contributed by atoms with van der Waals surface area (Å²) in [5.41, 5.74) is 1.86. The van der Waals surface area contributed by atoms with Crippen molar-refractivity contribution in [1.29, 1.82) is 0 Å². The number of amides is 2. The summed E-state index contributed by atoms with van der Waals surface area (Å²) in [6.45, 7) is 0. The molecular weight excluding hydrogens is 319 g/mol. The summed E-state index contributed by atoms with van der Waals surface area (Å²) in [7, 11) is 1.60. The molecule has 2 aromatic carbocycles. The van der Waals surface area contributed by atoms with Gasteiger partial charge in [-0.1, -0.05) is 30.7 Å². The smallest absolute Gasteiger partial charge is 0.235 e. The number of carbonyl (C=O) groups excluding carboxylic acids is 2. The third kappa shape index (κ3) is 3.55. The third-order valence-electron chi connectivity index (χ3n) is 4.89. The van der Waals surface area contributed by atoms with E-state index in [2.05, 4.69) is 10.6 Å². The van der Waals surface area contributed by atoms with Gasteiger partial charge in [-0.15, -0.1) is 0 Å². The molecular formula is C20H21FN2O2. The van der Waals surface area contributed by atoms with Crippen molar-refractivity contribution in [2.75, 3.05) is 12.4 Å². The molecule has 1 aliphatic rings. The minimum Gasteiger partial charge on any atom is -0.359 e. The van der Waals surface area contributed by atoms with Crippen LogP contribution < -0.4 is 10.6 Å². The fourth-order valence-electron chi connectivity index (χ4n) is 3.18. The number of hydrogen-bond acceptors (Lipinski definition) is 2. The third-order valence-corrected chi connectivity index (χ3v) is 4.89. The van der Waals surface area contributed by atoms with Crippen LogP contribution in [-0.2, 0) is 21.4 Å². The first-order valence-corrected chi connectivity index (χ1v) is 8.40. The Balaban J connectivity index is 1.72. The summed E-state index contributed by atoms with van der Waals surface area (Å²) in [6, 6.07) is 13.4. The van der Waals surface area contributed by atoms with Crippen molar-refractivity contribution in [3.8, 4) is 0 Å². The normalized spacial score (nSPS) is 15.1. The predicted molar refractivity (Wildman–Crippen MR) is 94.8 cm³/mol. The molecule has 1 fully saturated rings. The van der Waals surface area contributed by atoms with E-state index in [1.54, 1.807) is 31.3 Å². The molecule has 0 bridgehead atoms. The first-order valence-electron chi connectivity index (χ1n) is 8.40. The van der Waals surface area contributed by atoms with Crippen molar-refractivity contribution in [3.05, 3.63) is 65.5 Å². The molecule has 0 unspecified atom stereocenters. The summed E-state index contributed by atoms with van der Waals surface area (Å²) in [5, 5.41) is 5.54. The Morgan fingerprint density at radius 3 is 2.20 bits per heavy atom. The van der Waals surface area contributed by atoms with Crippen LogP contribution in [0.2, 0.25) is 0 Å². The van der Waals surface area contributed by atoms with Crippen LogP contribution in [0.5, 0.6) is 0 Å². The topological polar surface area (TPSA) is 58.2 Å². The van der Waals surface area contributed by atoms with Gasteiger partial charge in [0.2, 0.25) is 11.8 Å². The van der Waals surface area contributed by atoms with Crippen LogP contribution in [0.4, 0.5) is 10.1 Å². The molecule has 130 valence electrons. The lowest BCUT2D eigenvalue weighted by molar-refractivity contribution is -0.124. The number of nitrogens with one attached hydrogen (secondary N) is 2. The number of likely N-dealkylation sites (N-methyl/N-ethyl adjacent to an activating group) is 1. The second-order valence-corrected chi connectivity index (χ2v) is 6.44. The van der Waals surface area contributed by atoms with Crippen LogP contribution in [0.25, 0.3) is 0 Å². The molecule has 2 aromatic rings. The van der Waals surface area contributed by atoms with Gasteiger partial charge in [0, 0.05) is 12.7 Å². The van der Waals surface area contributed by atoms with E-state index in [1.807, 2.05) is 12.1 Å². The second-order valence-electron chi connectivity index (χ2n) is 6.44. The highest BCUT2D eigenvalue weighted by Gasteiger charge is 2.45. The minimum atomic E-state index is -0.575. The van der Waals surface area contributed by atoms with E-state index < -0.39 is 5.41 Å². The van der Waals surface area contributed by atoms with Gasteiger partial charge in [0.25, 0.3) is 0 Å². The molecule has 2 amide bonds. The molecule has 5 heteroatoms. The van der Waals surface area contributed by atoms with Crippen molar-refractivity contribution < 1.29 is 14.0 Å². The van der Waals surface area contributed by atoms with Crippen molar-refractivity contribution in [2.45, 2.75) is 31.1 Å². The molecule has 0 atom stereocenters. The van der Waals surface area contributed by atoms with Crippen molar-refractivity contribution in [3.63, 3.8) is 0 Å². The summed E-state index contributed by atoms with van der Waals surface area (Å²) in [5.74, 6) is -0.420. The maximum absolute atomic E-state index is 13.2. The maximum atomic E-state index is 13.2. The molecule has 1 saturated carbocycles. The van der Waals surface area contributed by atoms with Crippen LogP contribution in [-0.4, -0.2) is 18.9 Å². The van der Waals surface area contributed by atoms with E-state index in [-0.39, 0.29) is 17.6 Å². The summed E-state index contributed by atoms with van der Waals surface area (Å²) >= 11 is 0. The Morgan fingerprint density at radius 2 is 1.68 bits per heavy atom. The lowest BCUT2D eigenvalue weighted by Gasteiger charge is -2.40. The van der Waals surface area contributed by atoms with Gasteiger partial charge >= 0.3 is 0 Å². The average molecular weight is 340 g/mol. The van der Waals surface area contributed by atoms with Crippen LogP contribution in [0.1, 0.15) is 30.4 Å². The lowest BCUT2D eigenvalue weighted by atomic mass is 9.64. The van der Waals surface area contributed by atoms with Gasteiger partial charge in [0.05, 0.1) is 11.8 Å². The molecule has 0 aromatic heterocycles. The molecule has 0 radical (unpaired) electrons.